The monoisotopic (exact) mass is 698 g/mol. The van der Waals surface area contributed by atoms with Gasteiger partial charge in [0.15, 0.2) is 12.1 Å². The van der Waals surface area contributed by atoms with Crippen molar-refractivity contribution in [3.63, 3.8) is 0 Å². The van der Waals surface area contributed by atoms with Gasteiger partial charge in [0.1, 0.15) is 0 Å². The van der Waals surface area contributed by atoms with E-state index in [1.165, 1.54) is 6.92 Å². The van der Waals surface area contributed by atoms with Crippen LogP contribution in [-0.4, -0.2) is 52.5 Å². The molecule has 1 fully saturated rings. The molecule has 6 rings (SSSR count). The summed E-state index contributed by atoms with van der Waals surface area (Å²) in [6.45, 7) is 3.98. The molecular formula is C44H46N2O6. The predicted molar refractivity (Wildman–Crippen MR) is 202 cm³/mol. The van der Waals surface area contributed by atoms with Crippen LogP contribution in [0, 0.1) is 0 Å². The minimum absolute atomic E-state index is 0.0517. The summed E-state index contributed by atoms with van der Waals surface area (Å²) in [6.07, 6.45) is -1.98. The Kier molecular flexibility index (Phi) is 12.1. The number of hydrogen-bond donors (Lipinski definition) is 3. The number of amides is 1. The van der Waals surface area contributed by atoms with Crippen LogP contribution in [0.1, 0.15) is 82.0 Å². The maximum Gasteiger partial charge on any atom is 0.228 e. The van der Waals surface area contributed by atoms with Crippen LogP contribution >= 0.6 is 0 Å². The highest BCUT2D eigenvalue weighted by Crippen LogP contribution is 2.47. The van der Waals surface area contributed by atoms with Crippen molar-refractivity contribution in [1.29, 1.82) is 0 Å². The van der Waals surface area contributed by atoms with Crippen molar-refractivity contribution in [2.45, 2.75) is 63.4 Å². The Morgan fingerprint density at radius 2 is 1.40 bits per heavy atom. The third-order valence-corrected chi connectivity index (χ3v) is 9.90. The van der Waals surface area contributed by atoms with E-state index in [4.69, 9.17) is 9.47 Å². The van der Waals surface area contributed by atoms with Crippen LogP contribution < -0.4 is 5.32 Å². The van der Waals surface area contributed by atoms with Crippen LogP contribution in [0.4, 0.5) is 5.69 Å². The number of benzene rings is 5. The highest BCUT2D eigenvalue weighted by Gasteiger charge is 2.43. The number of anilines is 1. The topological polar surface area (TPSA) is 108 Å². The molecule has 1 amide bonds. The van der Waals surface area contributed by atoms with Gasteiger partial charge in [-0.3, -0.25) is 14.5 Å². The van der Waals surface area contributed by atoms with E-state index in [1.54, 1.807) is 24.3 Å². The molecule has 1 aliphatic heterocycles. The Morgan fingerprint density at radius 1 is 0.769 bits per heavy atom. The highest BCUT2D eigenvalue weighted by atomic mass is 16.7. The summed E-state index contributed by atoms with van der Waals surface area (Å²) in [4.78, 5) is 26.8. The summed E-state index contributed by atoms with van der Waals surface area (Å²) in [5, 5.41) is 24.0. The van der Waals surface area contributed by atoms with E-state index in [1.807, 2.05) is 111 Å². The molecule has 8 nitrogen and oxygen atoms in total. The van der Waals surface area contributed by atoms with E-state index >= 15 is 0 Å². The van der Waals surface area contributed by atoms with Crippen LogP contribution in [0.15, 0.2) is 133 Å². The van der Waals surface area contributed by atoms with E-state index in [2.05, 4.69) is 22.3 Å². The Balaban J connectivity index is 1.26. The van der Waals surface area contributed by atoms with E-state index < -0.39 is 18.5 Å². The molecule has 0 saturated carbocycles. The van der Waals surface area contributed by atoms with Crippen LogP contribution in [0.5, 0.6) is 0 Å². The molecule has 8 heteroatoms. The third-order valence-electron chi connectivity index (χ3n) is 9.90. The first-order valence-electron chi connectivity index (χ1n) is 17.7. The second-order valence-electron chi connectivity index (χ2n) is 13.5. The van der Waals surface area contributed by atoms with E-state index in [0.717, 1.165) is 33.4 Å². The standard InChI is InChI=1S/C44H46N2O6/c1-29(42(50)34-13-8-5-9-14-34)46(3)27-39-41(33-11-6-4-7-12-33)43(35-21-19-32(28-47)20-22-35)52-44(51-39)36-23-17-31(18-24-36)25-40(49)45-38-16-10-15-37(26-38)30(2)48/h4-24,26,29,39,41-44,47,50H,25,27-28H2,1-3H3,(H,45,49)/t29-,39+,41+,42-,43-,44?/m0/s1. The number of ketones is 1. The molecule has 3 N–H and O–H groups in total. The molecule has 0 spiro atoms. The number of likely N-dealkylation sites (N-methyl/N-ethyl adjacent to an activating group) is 1. The zero-order valence-corrected chi connectivity index (χ0v) is 29.8. The number of rotatable bonds is 13. The minimum atomic E-state index is -0.715. The molecule has 0 bridgehead atoms. The Morgan fingerprint density at radius 3 is 2.06 bits per heavy atom. The number of hydrogen-bond acceptors (Lipinski definition) is 7. The first kappa shape index (κ1) is 36.8. The molecule has 1 saturated heterocycles. The van der Waals surface area contributed by atoms with Crippen LogP contribution in [0.3, 0.4) is 0 Å². The summed E-state index contributed by atoms with van der Waals surface area (Å²) in [7, 11) is 2.01. The van der Waals surface area contributed by atoms with Crippen LogP contribution in [-0.2, 0) is 27.3 Å². The Bertz CT molecular complexity index is 1920. The van der Waals surface area contributed by atoms with Gasteiger partial charge in [-0.05, 0) is 60.8 Å². The number of carbonyl (C=O) groups is 2. The van der Waals surface area contributed by atoms with Gasteiger partial charge in [0.2, 0.25) is 5.91 Å². The summed E-state index contributed by atoms with van der Waals surface area (Å²) in [6, 6.07) is 42.1. The molecule has 0 radical (unpaired) electrons. The fraction of sp³-hybridized carbons (Fsp3) is 0.273. The average molecular weight is 699 g/mol. The zero-order chi connectivity index (χ0) is 36.6. The van der Waals surface area contributed by atoms with Crippen molar-refractivity contribution < 1.29 is 29.3 Å². The molecule has 0 aliphatic carbocycles. The molecular weight excluding hydrogens is 652 g/mol. The number of aliphatic hydroxyl groups excluding tert-OH is 2. The fourth-order valence-corrected chi connectivity index (χ4v) is 6.78. The lowest BCUT2D eigenvalue weighted by Gasteiger charge is -2.45. The van der Waals surface area contributed by atoms with Crippen molar-refractivity contribution in [3.8, 4) is 0 Å². The SMILES string of the molecule is CC(=O)c1cccc(NC(=O)Cc2ccc(C3O[C@H](CN(C)[C@@H](C)[C@H](O)c4ccccc4)[C@@H](c4ccccc4)[C@H](c4ccc(CO)cc4)O3)cc2)c1. The number of Topliss-reactive ketones (excluding diaryl/α,β-unsaturated/α-hetero) is 1. The number of nitrogens with one attached hydrogen (secondary N) is 1. The van der Waals surface area contributed by atoms with E-state index in [9.17, 15) is 19.8 Å². The van der Waals surface area contributed by atoms with Gasteiger partial charge < -0.3 is 25.0 Å². The molecule has 5 aromatic carbocycles. The molecule has 6 atom stereocenters. The van der Waals surface area contributed by atoms with Gasteiger partial charge in [0.25, 0.3) is 0 Å². The maximum atomic E-state index is 12.9. The second-order valence-corrected chi connectivity index (χ2v) is 13.5. The van der Waals surface area contributed by atoms with Crippen molar-refractivity contribution in [2.75, 3.05) is 18.9 Å². The molecule has 1 aliphatic rings. The minimum Gasteiger partial charge on any atom is -0.392 e. The molecule has 1 heterocycles. The van der Waals surface area contributed by atoms with Gasteiger partial charge in [-0.25, -0.2) is 0 Å². The smallest absolute Gasteiger partial charge is 0.228 e. The fourth-order valence-electron chi connectivity index (χ4n) is 6.78. The number of ether oxygens (including phenoxy) is 2. The normalized spacial score (nSPS) is 19.9. The predicted octanol–water partition coefficient (Wildman–Crippen LogP) is 7.56. The molecule has 1 unspecified atom stereocenters. The van der Waals surface area contributed by atoms with Crippen molar-refractivity contribution >= 4 is 17.4 Å². The summed E-state index contributed by atoms with van der Waals surface area (Å²) < 4.78 is 13.7. The first-order chi connectivity index (χ1) is 25.2. The molecule has 0 aromatic heterocycles. The summed E-state index contributed by atoms with van der Waals surface area (Å²) in [5.41, 5.74) is 6.45. The lowest BCUT2D eigenvalue weighted by molar-refractivity contribution is -0.264. The largest absolute Gasteiger partial charge is 0.392 e. The lowest BCUT2D eigenvalue weighted by Crippen LogP contribution is -2.46. The molecule has 268 valence electrons. The molecule has 52 heavy (non-hydrogen) atoms. The van der Waals surface area contributed by atoms with E-state index in [-0.39, 0.29) is 42.8 Å². The average Bonchev–Trinajstić information content (AvgIpc) is 3.18. The van der Waals surface area contributed by atoms with E-state index in [0.29, 0.717) is 17.8 Å². The molecule has 5 aromatic rings. The van der Waals surface area contributed by atoms with Gasteiger partial charge in [0.05, 0.1) is 31.3 Å². The van der Waals surface area contributed by atoms with Crippen molar-refractivity contribution in [1.82, 2.24) is 4.90 Å². The third kappa shape index (κ3) is 8.91. The van der Waals surface area contributed by atoms with Gasteiger partial charge in [0, 0.05) is 35.3 Å². The summed E-state index contributed by atoms with van der Waals surface area (Å²) in [5.74, 6) is -0.442. The van der Waals surface area contributed by atoms with Gasteiger partial charge >= 0.3 is 0 Å². The van der Waals surface area contributed by atoms with Gasteiger partial charge in [-0.15, -0.1) is 0 Å². The lowest BCUT2D eigenvalue weighted by atomic mass is 9.83. The first-order valence-corrected chi connectivity index (χ1v) is 17.7. The van der Waals surface area contributed by atoms with Gasteiger partial charge in [-0.1, -0.05) is 121 Å². The number of aliphatic hydroxyl groups is 2. The zero-order valence-electron chi connectivity index (χ0n) is 29.8. The highest BCUT2D eigenvalue weighted by molar-refractivity contribution is 5.97. The second kappa shape index (κ2) is 17.0. The number of nitrogens with zero attached hydrogens (tertiary/aromatic N) is 1. The van der Waals surface area contributed by atoms with Crippen molar-refractivity contribution in [3.05, 3.63) is 172 Å². The van der Waals surface area contributed by atoms with Crippen molar-refractivity contribution in [2.24, 2.45) is 0 Å². The van der Waals surface area contributed by atoms with Crippen LogP contribution in [0.2, 0.25) is 0 Å². The quantitative estimate of drug-likeness (QED) is 0.109. The summed E-state index contributed by atoms with van der Waals surface area (Å²) >= 11 is 0. The Hall–Kier alpha value is -4.96. The Labute approximate surface area is 305 Å². The van der Waals surface area contributed by atoms with Gasteiger partial charge in [-0.2, -0.15) is 0 Å². The maximum absolute atomic E-state index is 12.9. The van der Waals surface area contributed by atoms with Crippen LogP contribution in [0.25, 0.3) is 0 Å². The number of carbonyl (C=O) groups excluding carboxylic acids is 2.